The van der Waals surface area contributed by atoms with E-state index in [1.165, 1.54) is 39.7 Å². The van der Waals surface area contributed by atoms with Crippen LogP contribution in [0, 0.1) is 13.8 Å². The van der Waals surface area contributed by atoms with Gasteiger partial charge in [0.2, 0.25) is 0 Å². The van der Waals surface area contributed by atoms with E-state index in [0.29, 0.717) is 11.1 Å². The zero-order valence-corrected chi connectivity index (χ0v) is 28.2. The van der Waals surface area contributed by atoms with Gasteiger partial charge in [-0.15, -0.1) is 45.3 Å². The summed E-state index contributed by atoms with van der Waals surface area (Å²) < 4.78 is 5.00. The number of amides is 2. The largest absolute Gasteiger partial charge is 0.309 e. The molecule has 0 N–H and O–H groups in total. The van der Waals surface area contributed by atoms with Crippen LogP contribution in [-0.2, 0) is 20.4 Å². The van der Waals surface area contributed by atoms with E-state index in [0.717, 1.165) is 34.0 Å². The van der Waals surface area contributed by atoms with Gasteiger partial charge in [-0.25, -0.2) is 0 Å². The number of thiophene rings is 4. The smallest absolute Gasteiger partial charge is 0.261 e. The van der Waals surface area contributed by atoms with E-state index in [-0.39, 0.29) is 22.6 Å². The molecule has 0 atom stereocenters. The third-order valence-corrected chi connectivity index (χ3v) is 14.9. The van der Waals surface area contributed by atoms with Gasteiger partial charge < -0.3 is 9.80 Å². The summed E-state index contributed by atoms with van der Waals surface area (Å²) in [6, 6.07) is 4.38. The number of hydrogen-bond donors (Lipinski definition) is 0. The van der Waals surface area contributed by atoms with Crippen molar-refractivity contribution in [2.75, 3.05) is 14.1 Å². The zero-order valence-electron chi connectivity index (χ0n) is 24.9. The third-order valence-electron chi connectivity index (χ3n) is 8.87. The number of likely N-dealkylation sites (N-methyl/N-ethyl adjacent to an activating group) is 2. The first-order chi connectivity index (χ1) is 18.7. The Labute approximate surface area is 252 Å². The van der Waals surface area contributed by atoms with Crippen LogP contribution in [0.5, 0.6) is 0 Å². The van der Waals surface area contributed by atoms with Crippen molar-refractivity contribution < 1.29 is 9.59 Å². The molecule has 8 heteroatoms. The molecular formula is C32H36N2O2S4. The van der Waals surface area contributed by atoms with Crippen molar-refractivity contribution in [1.82, 2.24) is 9.80 Å². The van der Waals surface area contributed by atoms with Crippen LogP contribution in [0.3, 0.4) is 0 Å². The fourth-order valence-corrected chi connectivity index (χ4v) is 11.9. The monoisotopic (exact) mass is 608 g/mol. The maximum Gasteiger partial charge on any atom is 0.261 e. The minimum Gasteiger partial charge on any atom is -0.309 e. The minimum atomic E-state index is -0.0970. The predicted octanol–water partition coefficient (Wildman–Crippen LogP) is 9.30. The van der Waals surface area contributed by atoms with E-state index in [1.807, 2.05) is 36.8 Å². The number of hydrogen-bond acceptors (Lipinski definition) is 6. The number of carbonyl (C=O) groups is 2. The van der Waals surface area contributed by atoms with Gasteiger partial charge in [-0.05, 0) is 55.4 Å². The number of rotatable bonds is 5. The van der Waals surface area contributed by atoms with Crippen molar-refractivity contribution in [3.8, 4) is 0 Å². The second kappa shape index (κ2) is 9.12. The van der Waals surface area contributed by atoms with E-state index in [2.05, 4.69) is 67.5 Å². The molecular weight excluding hydrogens is 573 g/mol. The van der Waals surface area contributed by atoms with E-state index < -0.39 is 0 Å². The molecule has 40 heavy (non-hydrogen) atoms. The molecule has 0 spiro atoms. The summed E-state index contributed by atoms with van der Waals surface area (Å²) in [5.74, 6) is -0.194. The Morgan fingerprint density at radius 3 is 1.45 bits per heavy atom. The van der Waals surface area contributed by atoms with E-state index in [1.54, 1.807) is 32.5 Å². The lowest BCUT2D eigenvalue weighted by Gasteiger charge is -2.26. The molecule has 6 rings (SSSR count). The van der Waals surface area contributed by atoms with Crippen LogP contribution in [0.1, 0.15) is 85.0 Å². The molecule has 4 aromatic rings. The van der Waals surface area contributed by atoms with E-state index >= 15 is 0 Å². The highest BCUT2D eigenvalue weighted by Gasteiger charge is 2.47. The Morgan fingerprint density at radius 2 is 1.07 bits per heavy atom. The van der Waals surface area contributed by atoms with Gasteiger partial charge in [0.1, 0.15) is 0 Å². The molecule has 210 valence electrons. The first kappa shape index (κ1) is 27.9. The molecule has 2 aliphatic heterocycles. The Morgan fingerprint density at radius 1 is 0.675 bits per heavy atom. The van der Waals surface area contributed by atoms with Gasteiger partial charge in [-0.2, -0.15) is 0 Å². The van der Waals surface area contributed by atoms with Crippen molar-refractivity contribution in [1.29, 1.82) is 0 Å². The maximum absolute atomic E-state index is 13.8. The second-order valence-electron chi connectivity index (χ2n) is 12.4. The van der Waals surface area contributed by atoms with Crippen molar-refractivity contribution in [3.63, 3.8) is 0 Å². The Balaban J connectivity index is 1.50. The molecule has 0 saturated carbocycles. The number of carbonyl (C=O) groups excluding carboxylic acids is 2. The summed E-state index contributed by atoms with van der Waals surface area (Å²) in [4.78, 5) is 35.8. The topological polar surface area (TPSA) is 40.6 Å². The van der Waals surface area contributed by atoms with Crippen LogP contribution in [0.15, 0.2) is 23.3 Å². The molecule has 0 aliphatic carbocycles. The molecule has 0 aromatic carbocycles. The molecule has 0 fully saturated rings. The second-order valence-corrected chi connectivity index (χ2v) is 16.6. The molecule has 0 radical (unpaired) electrons. The summed E-state index contributed by atoms with van der Waals surface area (Å²) in [6.07, 6.45) is 2.21. The van der Waals surface area contributed by atoms with Crippen molar-refractivity contribution >= 4 is 87.4 Å². The Bertz CT molecular complexity index is 1810. The highest BCUT2D eigenvalue weighted by atomic mass is 32.1. The van der Waals surface area contributed by atoms with Crippen molar-refractivity contribution in [3.05, 3.63) is 53.9 Å². The summed E-state index contributed by atoms with van der Waals surface area (Å²) in [6.45, 7) is 18.1. The van der Waals surface area contributed by atoms with Crippen molar-refractivity contribution in [2.24, 2.45) is 0 Å². The van der Waals surface area contributed by atoms with Crippen LogP contribution in [0.2, 0.25) is 0 Å². The number of fused-ring (bicyclic) bond motifs is 3. The fourth-order valence-electron chi connectivity index (χ4n) is 6.20. The van der Waals surface area contributed by atoms with E-state index in [9.17, 15) is 9.59 Å². The highest BCUT2D eigenvalue weighted by molar-refractivity contribution is 7.29. The van der Waals surface area contributed by atoms with Gasteiger partial charge in [0.15, 0.2) is 0 Å². The molecule has 2 amide bonds. The quantitative estimate of drug-likeness (QED) is 0.227. The van der Waals surface area contributed by atoms with Gasteiger partial charge in [-0.1, -0.05) is 41.5 Å². The molecule has 0 unspecified atom stereocenters. The standard InChI is InChI=1S/C32H36N2O2S4/c1-11-32(8,12-2)28-16(4)26-20(40-28)14-18(38-26)24-22-21(29(35)34(24)10)23(33(9)30(22)36)17-13-19-25(37-17)15(3)27(39-19)31(5,6)7/h13-14H,11-12H2,1-10H3. The van der Waals surface area contributed by atoms with Gasteiger partial charge in [0, 0.05) is 48.1 Å². The van der Waals surface area contributed by atoms with Crippen LogP contribution in [0.4, 0.5) is 0 Å². The maximum atomic E-state index is 13.8. The summed E-state index contributed by atoms with van der Waals surface area (Å²) in [5, 5.41) is 0. The fraction of sp³-hybridized carbons (Fsp3) is 0.438. The Hall–Kier alpha value is -2.26. The first-order valence-electron chi connectivity index (χ1n) is 13.9. The van der Waals surface area contributed by atoms with Gasteiger partial charge in [-0.3, -0.25) is 9.59 Å². The lowest BCUT2D eigenvalue weighted by molar-refractivity contribution is -0.123. The third kappa shape index (κ3) is 3.72. The molecule has 4 aromatic heterocycles. The summed E-state index contributed by atoms with van der Waals surface area (Å²) in [5.41, 5.74) is 5.50. The lowest BCUT2D eigenvalue weighted by atomic mass is 9.82. The predicted molar refractivity (Wildman–Crippen MR) is 175 cm³/mol. The zero-order chi connectivity index (χ0) is 29.0. The average Bonchev–Trinajstić information content (AvgIpc) is 3.71. The van der Waals surface area contributed by atoms with Crippen LogP contribution in [0.25, 0.3) is 30.2 Å². The van der Waals surface area contributed by atoms with Crippen LogP contribution >= 0.6 is 45.3 Å². The van der Waals surface area contributed by atoms with Crippen LogP contribution in [-0.4, -0.2) is 35.7 Å². The van der Waals surface area contributed by atoms with Gasteiger partial charge >= 0.3 is 0 Å². The molecule has 4 nitrogen and oxygen atoms in total. The summed E-state index contributed by atoms with van der Waals surface area (Å²) in [7, 11) is 3.62. The Kier molecular flexibility index (Phi) is 6.36. The van der Waals surface area contributed by atoms with E-state index in [4.69, 9.17) is 0 Å². The highest BCUT2D eigenvalue weighted by Crippen LogP contribution is 2.52. The summed E-state index contributed by atoms with van der Waals surface area (Å²) >= 11 is 7.11. The number of nitrogens with zero attached hydrogens (tertiary/aromatic N) is 2. The number of aryl methyl sites for hydroxylation is 2. The van der Waals surface area contributed by atoms with Gasteiger partial charge in [0.25, 0.3) is 11.8 Å². The molecule has 2 aliphatic rings. The molecule has 6 heterocycles. The minimum absolute atomic E-state index is 0.0872. The normalized spacial score (nSPS) is 16.8. The van der Waals surface area contributed by atoms with Crippen LogP contribution < -0.4 is 0 Å². The average molecular weight is 609 g/mol. The van der Waals surface area contributed by atoms with Gasteiger partial charge in [0.05, 0.1) is 32.3 Å². The van der Waals surface area contributed by atoms with Crippen molar-refractivity contribution in [2.45, 2.75) is 79.1 Å². The molecule has 0 saturated heterocycles. The SMILES string of the molecule is CCC(C)(CC)c1sc2cc(C3=C4C(=O)N(C)C(c5cc6sc(C(C)(C)C)c(C)c6s5)=C4C(=O)N3C)sc2c1C. The lowest BCUT2D eigenvalue weighted by Crippen LogP contribution is -2.24. The molecule has 0 bridgehead atoms. The first-order valence-corrected chi connectivity index (χ1v) is 17.1.